The van der Waals surface area contributed by atoms with Gasteiger partial charge < -0.3 is 10.1 Å². The second-order valence-corrected chi connectivity index (χ2v) is 5.02. The average molecular weight is 272 g/mol. The Morgan fingerprint density at radius 1 is 1.25 bits per heavy atom. The number of halogens is 1. The third-order valence-corrected chi connectivity index (χ3v) is 3.62. The van der Waals surface area contributed by atoms with Crippen LogP contribution in [0.15, 0.2) is 48.7 Å². The number of pyridine rings is 1. The molecule has 1 aromatic heterocycles. The van der Waals surface area contributed by atoms with Gasteiger partial charge in [-0.05, 0) is 24.6 Å². The van der Waals surface area contributed by atoms with Gasteiger partial charge in [-0.2, -0.15) is 4.39 Å². The summed E-state index contributed by atoms with van der Waals surface area (Å²) < 4.78 is 19.2. The number of ether oxygens (including phenoxy) is 1. The van der Waals surface area contributed by atoms with Gasteiger partial charge >= 0.3 is 0 Å². The van der Waals surface area contributed by atoms with Crippen molar-refractivity contribution in [2.24, 2.45) is 5.92 Å². The van der Waals surface area contributed by atoms with Gasteiger partial charge in [-0.25, -0.2) is 4.98 Å². The smallest absolute Gasteiger partial charge is 0.216 e. The van der Waals surface area contributed by atoms with E-state index in [1.54, 1.807) is 6.07 Å². The number of rotatable bonds is 4. The van der Waals surface area contributed by atoms with Crippen LogP contribution >= 0.6 is 0 Å². The quantitative estimate of drug-likeness (QED) is 0.869. The minimum absolute atomic E-state index is 0.0620. The van der Waals surface area contributed by atoms with Crippen molar-refractivity contribution in [1.82, 2.24) is 10.3 Å². The summed E-state index contributed by atoms with van der Waals surface area (Å²) in [7, 11) is 0. The summed E-state index contributed by atoms with van der Waals surface area (Å²) >= 11 is 0. The van der Waals surface area contributed by atoms with Crippen LogP contribution in [0.25, 0.3) is 0 Å². The molecule has 0 spiro atoms. The Hall–Kier alpha value is -1.94. The molecule has 4 heteroatoms. The van der Waals surface area contributed by atoms with E-state index < -0.39 is 5.95 Å². The van der Waals surface area contributed by atoms with E-state index in [1.807, 2.05) is 18.2 Å². The highest BCUT2D eigenvalue weighted by Gasteiger charge is 2.28. The number of hydrogen-bond acceptors (Lipinski definition) is 3. The molecular formula is C16H17FN2O. The van der Waals surface area contributed by atoms with E-state index in [0.717, 1.165) is 25.1 Å². The molecule has 1 saturated heterocycles. The van der Waals surface area contributed by atoms with Crippen LogP contribution in [0.3, 0.4) is 0 Å². The van der Waals surface area contributed by atoms with Gasteiger partial charge in [0.05, 0.1) is 0 Å². The maximum Gasteiger partial charge on any atom is 0.216 e. The summed E-state index contributed by atoms with van der Waals surface area (Å²) in [5.74, 6) is 0.408. The zero-order valence-electron chi connectivity index (χ0n) is 11.1. The van der Waals surface area contributed by atoms with Crippen LogP contribution in [0, 0.1) is 11.9 Å². The molecule has 1 aliphatic rings. The van der Waals surface area contributed by atoms with E-state index in [2.05, 4.69) is 22.4 Å². The topological polar surface area (TPSA) is 34.1 Å². The number of benzene rings is 1. The Labute approximate surface area is 117 Å². The summed E-state index contributed by atoms with van der Waals surface area (Å²) in [4.78, 5) is 3.56. The van der Waals surface area contributed by atoms with Crippen LogP contribution in [0.5, 0.6) is 5.75 Å². The van der Waals surface area contributed by atoms with E-state index in [-0.39, 0.29) is 6.10 Å². The number of nitrogens with one attached hydrogen (secondary N) is 1. The fraction of sp³-hybridized carbons (Fsp3) is 0.312. The fourth-order valence-corrected chi connectivity index (χ4v) is 2.62. The summed E-state index contributed by atoms with van der Waals surface area (Å²) in [6.45, 7) is 1.93. The molecule has 1 N–H and O–H groups in total. The van der Waals surface area contributed by atoms with Gasteiger partial charge in [0.15, 0.2) is 0 Å². The second-order valence-electron chi connectivity index (χ2n) is 5.02. The zero-order valence-corrected chi connectivity index (χ0v) is 11.1. The van der Waals surface area contributed by atoms with Crippen molar-refractivity contribution in [3.05, 3.63) is 60.2 Å². The molecule has 0 radical (unpaired) electrons. The van der Waals surface area contributed by atoms with Gasteiger partial charge in [0.1, 0.15) is 11.9 Å². The predicted octanol–water partition coefficient (Wildman–Crippen LogP) is 2.95. The summed E-state index contributed by atoms with van der Waals surface area (Å²) in [5.41, 5.74) is 1.12. The Morgan fingerprint density at radius 3 is 2.80 bits per heavy atom. The minimum atomic E-state index is -0.515. The van der Waals surface area contributed by atoms with Crippen molar-refractivity contribution >= 4 is 0 Å². The molecule has 1 aliphatic heterocycles. The summed E-state index contributed by atoms with van der Waals surface area (Å²) in [5, 5.41) is 3.35. The molecule has 20 heavy (non-hydrogen) atoms. The molecule has 2 aromatic rings. The summed E-state index contributed by atoms with van der Waals surface area (Å²) in [6, 6.07) is 13.1. The van der Waals surface area contributed by atoms with Crippen LogP contribution in [0.4, 0.5) is 4.39 Å². The predicted molar refractivity (Wildman–Crippen MR) is 75.0 cm³/mol. The van der Waals surface area contributed by atoms with Crippen molar-refractivity contribution < 1.29 is 9.13 Å². The van der Waals surface area contributed by atoms with Gasteiger partial charge in [0.2, 0.25) is 5.95 Å². The first-order valence-corrected chi connectivity index (χ1v) is 6.87. The van der Waals surface area contributed by atoms with Crippen molar-refractivity contribution in [3.63, 3.8) is 0 Å². The standard InChI is InChI=1S/C16H17FN2O/c17-15-10-14(7-9-19-15)20-16(13-6-8-18-11-13)12-4-2-1-3-5-12/h1-5,7,9-10,13,16,18H,6,8,11H2. The van der Waals surface area contributed by atoms with Crippen molar-refractivity contribution in [2.45, 2.75) is 12.5 Å². The molecular weight excluding hydrogens is 255 g/mol. The molecule has 2 unspecified atom stereocenters. The third kappa shape index (κ3) is 2.96. The van der Waals surface area contributed by atoms with Gasteiger partial charge in [-0.1, -0.05) is 30.3 Å². The van der Waals surface area contributed by atoms with Crippen molar-refractivity contribution in [2.75, 3.05) is 13.1 Å². The lowest BCUT2D eigenvalue weighted by Crippen LogP contribution is -2.21. The monoisotopic (exact) mass is 272 g/mol. The Bertz CT molecular complexity index is 555. The third-order valence-electron chi connectivity index (χ3n) is 3.62. The zero-order chi connectivity index (χ0) is 13.8. The number of hydrogen-bond donors (Lipinski definition) is 1. The molecule has 1 fully saturated rings. The first kappa shape index (κ1) is 13.1. The lowest BCUT2D eigenvalue weighted by molar-refractivity contribution is 0.143. The highest BCUT2D eigenvalue weighted by molar-refractivity contribution is 5.24. The minimum Gasteiger partial charge on any atom is -0.485 e. The maximum atomic E-state index is 13.2. The Balaban J connectivity index is 1.85. The molecule has 1 aromatic carbocycles. The Morgan fingerprint density at radius 2 is 2.10 bits per heavy atom. The Kier molecular flexibility index (Phi) is 3.92. The molecule has 0 bridgehead atoms. The first-order chi connectivity index (χ1) is 9.83. The largest absolute Gasteiger partial charge is 0.485 e. The average Bonchev–Trinajstić information content (AvgIpc) is 3.00. The molecule has 0 aliphatic carbocycles. The van der Waals surface area contributed by atoms with Crippen LogP contribution in [0.2, 0.25) is 0 Å². The van der Waals surface area contributed by atoms with Gasteiger partial charge in [-0.15, -0.1) is 0 Å². The second kappa shape index (κ2) is 6.01. The van der Waals surface area contributed by atoms with Gasteiger partial charge in [-0.3, -0.25) is 0 Å². The molecule has 3 rings (SSSR count). The van der Waals surface area contributed by atoms with E-state index in [0.29, 0.717) is 11.7 Å². The van der Waals surface area contributed by atoms with Gasteiger partial charge in [0, 0.05) is 24.7 Å². The van der Waals surface area contributed by atoms with E-state index in [4.69, 9.17) is 4.74 Å². The molecule has 0 amide bonds. The fourth-order valence-electron chi connectivity index (χ4n) is 2.62. The molecule has 0 saturated carbocycles. The van der Waals surface area contributed by atoms with Crippen LogP contribution < -0.4 is 10.1 Å². The lowest BCUT2D eigenvalue weighted by atomic mass is 9.95. The van der Waals surface area contributed by atoms with Crippen molar-refractivity contribution in [1.29, 1.82) is 0 Å². The molecule has 3 nitrogen and oxygen atoms in total. The number of nitrogens with zero attached hydrogens (tertiary/aromatic N) is 1. The normalized spacial score (nSPS) is 19.8. The SMILES string of the molecule is Fc1cc(OC(c2ccccc2)C2CCNC2)ccn1. The van der Waals surface area contributed by atoms with Crippen LogP contribution in [-0.2, 0) is 0 Å². The van der Waals surface area contributed by atoms with Crippen LogP contribution in [-0.4, -0.2) is 18.1 Å². The first-order valence-electron chi connectivity index (χ1n) is 6.87. The molecule has 2 atom stereocenters. The van der Waals surface area contributed by atoms with Gasteiger partial charge in [0.25, 0.3) is 0 Å². The highest BCUT2D eigenvalue weighted by atomic mass is 19.1. The van der Waals surface area contributed by atoms with Crippen molar-refractivity contribution in [3.8, 4) is 5.75 Å². The van der Waals surface area contributed by atoms with Crippen LogP contribution in [0.1, 0.15) is 18.1 Å². The maximum absolute atomic E-state index is 13.2. The summed E-state index contributed by atoms with van der Waals surface area (Å²) in [6.07, 6.45) is 2.43. The number of aromatic nitrogens is 1. The highest BCUT2D eigenvalue weighted by Crippen LogP contribution is 2.31. The lowest BCUT2D eigenvalue weighted by Gasteiger charge is -2.24. The molecule has 104 valence electrons. The van der Waals surface area contributed by atoms with E-state index in [9.17, 15) is 4.39 Å². The van der Waals surface area contributed by atoms with E-state index in [1.165, 1.54) is 12.3 Å². The van der Waals surface area contributed by atoms with E-state index >= 15 is 0 Å². The molecule has 2 heterocycles.